The second-order valence-electron chi connectivity index (χ2n) is 1.82. The fraction of sp³-hybridized carbons (Fsp3) is 0.571. The zero-order valence-corrected chi connectivity index (χ0v) is 5.98. The van der Waals surface area contributed by atoms with Gasteiger partial charge in [-0.25, -0.2) is 0 Å². The third kappa shape index (κ3) is 2.42. The van der Waals surface area contributed by atoms with Crippen LogP contribution in [0.1, 0.15) is 13.3 Å². The summed E-state index contributed by atoms with van der Waals surface area (Å²) in [5, 5.41) is 2.83. The maximum Gasteiger partial charge on any atom is 0.153 e. The molecule has 0 bridgehead atoms. The molecule has 0 rings (SSSR count). The standard InChI is InChI=1S/C7H13NO/c1-4-6(8-3)7(9)5-2/h4,6,8H,1,5H2,2-3H3. The van der Waals surface area contributed by atoms with Gasteiger partial charge < -0.3 is 5.32 Å². The van der Waals surface area contributed by atoms with E-state index in [9.17, 15) is 4.79 Å². The predicted octanol–water partition coefficient (Wildman–Crippen LogP) is 0.739. The van der Waals surface area contributed by atoms with Gasteiger partial charge in [0, 0.05) is 6.42 Å². The summed E-state index contributed by atoms with van der Waals surface area (Å²) >= 11 is 0. The summed E-state index contributed by atoms with van der Waals surface area (Å²) in [7, 11) is 1.75. The van der Waals surface area contributed by atoms with Gasteiger partial charge in [0.05, 0.1) is 6.04 Å². The van der Waals surface area contributed by atoms with Crippen molar-refractivity contribution in [2.45, 2.75) is 19.4 Å². The van der Waals surface area contributed by atoms with E-state index in [1.807, 2.05) is 6.92 Å². The lowest BCUT2D eigenvalue weighted by molar-refractivity contribution is -0.119. The monoisotopic (exact) mass is 127 g/mol. The molecule has 0 aromatic rings. The SMILES string of the molecule is C=CC(NC)C(=O)CC. The molecule has 0 radical (unpaired) electrons. The first-order chi connectivity index (χ1) is 4.26. The Balaban J connectivity index is 3.78. The van der Waals surface area contributed by atoms with Crippen molar-refractivity contribution in [1.82, 2.24) is 5.32 Å². The first-order valence-electron chi connectivity index (χ1n) is 3.08. The molecule has 2 heteroatoms. The molecule has 9 heavy (non-hydrogen) atoms. The van der Waals surface area contributed by atoms with Crippen LogP contribution >= 0.6 is 0 Å². The van der Waals surface area contributed by atoms with Crippen molar-refractivity contribution in [2.75, 3.05) is 7.05 Å². The molecule has 52 valence electrons. The number of hydrogen-bond donors (Lipinski definition) is 1. The first-order valence-corrected chi connectivity index (χ1v) is 3.08. The van der Waals surface area contributed by atoms with E-state index < -0.39 is 0 Å². The van der Waals surface area contributed by atoms with Gasteiger partial charge in [0.25, 0.3) is 0 Å². The van der Waals surface area contributed by atoms with Crippen molar-refractivity contribution < 1.29 is 4.79 Å². The van der Waals surface area contributed by atoms with Crippen LogP contribution in [0.2, 0.25) is 0 Å². The number of ketones is 1. The van der Waals surface area contributed by atoms with Crippen molar-refractivity contribution in [2.24, 2.45) is 0 Å². The molecular formula is C7H13NO. The highest BCUT2D eigenvalue weighted by molar-refractivity contribution is 5.85. The minimum Gasteiger partial charge on any atom is -0.307 e. The zero-order chi connectivity index (χ0) is 7.28. The van der Waals surface area contributed by atoms with Crippen molar-refractivity contribution in [3.8, 4) is 0 Å². The van der Waals surface area contributed by atoms with Crippen molar-refractivity contribution in [1.29, 1.82) is 0 Å². The summed E-state index contributed by atoms with van der Waals surface area (Å²) in [4.78, 5) is 10.8. The average molecular weight is 127 g/mol. The highest BCUT2D eigenvalue weighted by Gasteiger charge is 2.07. The summed E-state index contributed by atoms with van der Waals surface area (Å²) in [5.41, 5.74) is 0. The predicted molar refractivity (Wildman–Crippen MR) is 38.3 cm³/mol. The second kappa shape index (κ2) is 4.27. The molecule has 0 saturated carbocycles. The molecule has 2 nitrogen and oxygen atoms in total. The average Bonchev–Trinajstić information content (AvgIpc) is 1.90. The van der Waals surface area contributed by atoms with Crippen LogP contribution in [0.4, 0.5) is 0 Å². The first kappa shape index (κ1) is 8.37. The second-order valence-corrected chi connectivity index (χ2v) is 1.82. The van der Waals surface area contributed by atoms with Gasteiger partial charge in [-0.1, -0.05) is 13.0 Å². The molecule has 0 amide bonds. The molecule has 0 aromatic carbocycles. The maximum atomic E-state index is 10.8. The molecule has 0 aromatic heterocycles. The van der Waals surface area contributed by atoms with Gasteiger partial charge in [-0.2, -0.15) is 0 Å². The highest BCUT2D eigenvalue weighted by Crippen LogP contribution is 1.89. The molecule has 0 spiro atoms. The fourth-order valence-corrected chi connectivity index (χ4v) is 0.630. The van der Waals surface area contributed by atoms with Crippen molar-refractivity contribution in [3.63, 3.8) is 0 Å². The van der Waals surface area contributed by atoms with Crippen LogP contribution < -0.4 is 5.32 Å². The van der Waals surface area contributed by atoms with Crippen LogP contribution in [0.25, 0.3) is 0 Å². The van der Waals surface area contributed by atoms with Gasteiger partial charge >= 0.3 is 0 Å². The number of rotatable bonds is 4. The van der Waals surface area contributed by atoms with Crippen molar-refractivity contribution in [3.05, 3.63) is 12.7 Å². The van der Waals surface area contributed by atoms with Crippen LogP contribution in [-0.2, 0) is 4.79 Å². The van der Waals surface area contributed by atoms with E-state index in [1.54, 1.807) is 13.1 Å². The molecule has 1 N–H and O–H groups in total. The number of Topliss-reactive ketones (excluding diaryl/α,β-unsaturated/α-hetero) is 1. The van der Waals surface area contributed by atoms with E-state index in [4.69, 9.17) is 0 Å². The number of nitrogens with one attached hydrogen (secondary N) is 1. The molecule has 0 saturated heterocycles. The number of carbonyl (C=O) groups is 1. The van der Waals surface area contributed by atoms with Crippen LogP contribution in [0.5, 0.6) is 0 Å². The van der Waals surface area contributed by atoms with Gasteiger partial charge in [-0.3, -0.25) is 4.79 Å². The number of hydrogen-bond acceptors (Lipinski definition) is 2. The Morgan fingerprint density at radius 2 is 2.44 bits per heavy atom. The smallest absolute Gasteiger partial charge is 0.153 e. The summed E-state index contributed by atoms with van der Waals surface area (Å²) in [6.07, 6.45) is 2.18. The zero-order valence-electron chi connectivity index (χ0n) is 5.98. The minimum atomic E-state index is -0.157. The number of carbonyl (C=O) groups excluding carboxylic acids is 1. The van der Waals surface area contributed by atoms with E-state index in [2.05, 4.69) is 11.9 Å². The van der Waals surface area contributed by atoms with Crippen LogP contribution in [0.15, 0.2) is 12.7 Å². The lowest BCUT2D eigenvalue weighted by Crippen LogP contribution is -2.30. The van der Waals surface area contributed by atoms with Crippen LogP contribution in [-0.4, -0.2) is 18.9 Å². The van der Waals surface area contributed by atoms with Gasteiger partial charge in [0.1, 0.15) is 0 Å². The Bertz CT molecular complexity index is 109. The quantitative estimate of drug-likeness (QED) is 0.564. The number of likely N-dealkylation sites (N-methyl/N-ethyl adjacent to an activating group) is 1. The summed E-state index contributed by atoms with van der Waals surface area (Å²) < 4.78 is 0. The molecular weight excluding hydrogens is 114 g/mol. The molecule has 0 fully saturated rings. The molecule has 0 heterocycles. The fourth-order valence-electron chi connectivity index (χ4n) is 0.630. The maximum absolute atomic E-state index is 10.8. The molecule has 0 aliphatic carbocycles. The van der Waals surface area contributed by atoms with Crippen molar-refractivity contribution >= 4 is 5.78 Å². The van der Waals surface area contributed by atoms with E-state index in [1.165, 1.54) is 0 Å². The minimum absolute atomic E-state index is 0.157. The molecule has 1 atom stereocenters. The van der Waals surface area contributed by atoms with Crippen LogP contribution in [0, 0.1) is 0 Å². The van der Waals surface area contributed by atoms with Gasteiger partial charge in [-0.05, 0) is 7.05 Å². The Kier molecular flexibility index (Phi) is 3.97. The Morgan fingerprint density at radius 3 is 2.56 bits per heavy atom. The summed E-state index contributed by atoms with van der Waals surface area (Å²) in [6, 6.07) is -0.157. The van der Waals surface area contributed by atoms with E-state index in [0.717, 1.165) is 0 Å². The Labute approximate surface area is 56.0 Å². The third-order valence-corrected chi connectivity index (χ3v) is 1.24. The van der Waals surface area contributed by atoms with Gasteiger partial charge in [-0.15, -0.1) is 6.58 Å². The summed E-state index contributed by atoms with van der Waals surface area (Å²) in [6.45, 7) is 5.36. The van der Waals surface area contributed by atoms with E-state index in [0.29, 0.717) is 6.42 Å². The summed E-state index contributed by atoms with van der Waals surface area (Å²) in [5.74, 6) is 0.188. The molecule has 0 aliphatic rings. The van der Waals surface area contributed by atoms with Crippen LogP contribution in [0.3, 0.4) is 0 Å². The third-order valence-electron chi connectivity index (χ3n) is 1.24. The largest absolute Gasteiger partial charge is 0.307 e. The van der Waals surface area contributed by atoms with E-state index >= 15 is 0 Å². The lowest BCUT2D eigenvalue weighted by Gasteiger charge is -2.06. The van der Waals surface area contributed by atoms with Gasteiger partial charge in [0.15, 0.2) is 5.78 Å². The van der Waals surface area contributed by atoms with Gasteiger partial charge in [0.2, 0.25) is 0 Å². The topological polar surface area (TPSA) is 29.1 Å². The molecule has 1 unspecified atom stereocenters. The highest BCUT2D eigenvalue weighted by atomic mass is 16.1. The Hall–Kier alpha value is -0.630. The normalized spacial score (nSPS) is 12.7. The van der Waals surface area contributed by atoms with E-state index in [-0.39, 0.29) is 11.8 Å². The molecule has 0 aliphatic heterocycles. The Morgan fingerprint density at radius 1 is 1.89 bits per heavy atom. The lowest BCUT2D eigenvalue weighted by atomic mass is 10.1.